The first-order valence-electron chi connectivity index (χ1n) is 11.9. The molecule has 1 unspecified atom stereocenters. The van der Waals surface area contributed by atoms with Gasteiger partial charge in [0, 0.05) is 64.6 Å². The number of rotatable bonds is 11. The van der Waals surface area contributed by atoms with Crippen molar-refractivity contribution in [2.75, 3.05) is 77.1 Å². The molecule has 2 saturated heterocycles. The quantitative estimate of drug-likeness (QED) is 0.186. The number of likely N-dealkylation sites (N-methyl/N-ethyl adjacent to an activating group) is 1. The van der Waals surface area contributed by atoms with Crippen molar-refractivity contribution < 1.29 is 9.47 Å². The number of aromatic nitrogens is 1. The second kappa shape index (κ2) is 15.6. The molecule has 0 aliphatic carbocycles. The molecule has 32 heavy (non-hydrogen) atoms. The molecule has 1 aromatic heterocycles. The molecule has 0 amide bonds. The third-order valence-corrected chi connectivity index (χ3v) is 5.85. The van der Waals surface area contributed by atoms with Crippen LogP contribution in [0.5, 0.6) is 0 Å². The number of piperazine rings is 1. The molecule has 2 N–H and O–H groups in total. The molecule has 9 heteroatoms. The summed E-state index contributed by atoms with van der Waals surface area (Å²) in [6.07, 6.45) is 4.04. The van der Waals surface area contributed by atoms with E-state index in [1.165, 1.54) is 0 Å². The minimum Gasteiger partial charge on any atom is -0.381 e. The van der Waals surface area contributed by atoms with Crippen LogP contribution in [-0.2, 0) is 16.0 Å². The molecular formula is C23H41IN6O2. The summed E-state index contributed by atoms with van der Waals surface area (Å²) in [6, 6.07) is 4.27. The lowest BCUT2D eigenvalue weighted by Crippen LogP contribution is -2.46. The van der Waals surface area contributed by atoms with Crippen LogP contribution in [0.25, 0.3) is 0 Å². The molecule has 8 nitrogen and oxygen atoms in total. The Hall–Kier alpha value is -1.17. The number of ether oxygens (including phenoxy) is 2. The molecule has 0 aromatic carbocycles. The predicted octanol–water partition coefficient (Wildman–Crippen LogP) is 2.34. The number of nitrogens with zero attached hydrogens (tertiary/aromatic N) is 4. The fraction of sp³-hybridized carbons (Fsp3) is 0.739. The summed E-state index contributed by atoms with van der Waals surface area (Å²) < 4.78 is 11.1. The number of guanidine groups is 1. The SMILES string of the molecule is CCNC(=NCc1ccc(N2CCN(CC)CC2)nc1)NCCCOCC1CCOC1.I. The number of nitrogens with one attached hydrogen (secondary N) is 2. The Bertz CT molecular complexity index is 646. The summed E-state index contributed by atoms with van der Waals surface area (Å²) in [4.78, 5) is 14.2. The zero-order valence-corrected chi connectivity index (χ0v) is 22.1. The van der Waals surface area contributed by atoms with Crippen LogP contribution < -0.4 is 15.5 Å². The highest BCUT2D eigenvalue weighted by Gasteiger charge is 2.17. The molecule has 1 atom stereocenters. The Morgan fingerprint density at radius 1 is 1.22 bits per heavy atom. The second-order valence-electron chi connectivity index (χ2n) is 8.23. The van der Waals surface area contributed by atoms with Crippen molar-refractivity contribution in [1.29, 1.82) is 0 Å². The van der Waals surface area contributed by atoms with Gasteiger partial charge >= 0.3 is 0 Å². The van der Waals surface area contributed by atoms with Crippen LogP contribution in [0, 0.1) is 5.92 Å². The van der Waals surface area contributed by atoms with Crippen LogP contribution in [0.1, 0.15) is 32.3 Å². The molecule has 0 bridgehead atoms. The van der Waals surface area contributed by atoms with Gasteiger partial charge in [-0.1, -0.05) is 13.0 Å². The molecule has 3 heterocycles. The second-order valence-corrected chi connectivity index (χ2v) is 8.23. The highest BCUT2D eigenvalue weighted by molar-refractivity contribution is 14.0. The zero-order chi connectivity index (χ0) is 21.7. The Morgan fingerprint density at radius 2 is 2.06 bits per heavy atom. The molecule has 2 aliphatic rings. The van der Waals surface area contributed by atoms with Gasteiger partial charge in [0.1, 0.15) is 5.82 Å². The monoisotopic (exact) mass is 560 g/mol. The maximum Gasteiger partial charge on any atom is 0.191 e. The van der Waals surface area contributed by atoms with Gasteiger partial charge in [-0.3, -0.25) is 0 Å². The number of halogens is 1. The summed E-state index contributed by atoms with van der Waals surface area (Å²) in [5, 5.41) is 6.70. The van der Waals surface area contributed by atoms with E-state index < -0.39 is 0 Å². The Kier molecular flexibility index (Phi) is 13.2. The molecule has 2 fully saturated rings. The number of anilines is 1. The van der Waals surface area contributed by atoms with E-state index in [-0.39, 0.29) is 24.0 Å². The van der Waals surface area contributed by atoms with Crippen molar-refractivity contribution in [2.24, 2.45) is 10.9 Å². The number of hydrogen-bond acceptors (Lipinski definition) is 6. The average Bonchev–Trinajstić information content (AvgIpc) is 3.33. The van der Waals surface area contributed by atoms with Gasteiger partial charge in [0.25, 0.3) is 0 Å². The van der Waals surface area contributed by atoms with Gasteiger partial charge in [0.05, 0.1) is 19.8 Å². The van der Waals surface area contributed by atoms with Crippen LogP contribution in [0.3, 0.4) is 0 Å². The molecule has 0 saturated carbocycles. The highest BCUT2D eigenvalue weighted by atomic mass is 127. The normalized spacial score (nSPS) is 19.6. The molecule has 0 radical (unpaired) electrons. The molecule has 0 spiro atoms. The van der Waals surface area contributed by atoms with Crippen molar-refractivity contribution in [3.63, 3.8) is 0 Å². The van der Waals surface area contributed by atoms with E-state index in [9.17, 15) is 0 Å². The largest absolute Gasteiger partial charge is 0.381 e. The average molecular weight is 561 g/mol. The van der Waals surface area contributed by atoms with Crippen LogP contribution in [-0.4, -0.2) is 88.1 Å². The Morgan fingerprint density at radius 3 is 2.72 bits per heavy atom. The third-order valence-electron chi connectivity index (χ3n) is 5.85. The van der Waals surface area contributed by atoms with E-state index in [4.69, 9.17) is 14.5 Å². The van der Waals surface area contributed by atoms with E-state index >= 15 is 0 Å². The molecule has 3 rings (SSSR count). The van der Waals surface area contributed by atoms with E-state index in [0.29, 0.717) is 12.5 Å². The van der Waals surface area contributed by atoms with Gasteiger partial charge in [0.2, 0.25) is 0 Å². The predicted molar refractivity (Wildman–Crippen MR) is 141 cm³/mol. The minimum atomic E-state index is 0. The van der Waals surface area contributed by atoms with E-state index in [0.717, 1.165) is 102 Å². The van der Waals surface area contributed by atoms with Crippen LogP contribution in [0.4, 0.5) is 5.82 Å². The Balaban J connectivity index is 0.00000363. The smallest absolute Gasteiger partial charge is 0.191 e. The van der Waals surface area contributed by atoms with Crippen molar-refractivity contribution in [2.45, 2.75) is 33.2 Å². The number of aliphatic imine (C=N–C) groups is 1. The fourth-order valence-corrected chi connectivity index (χ4v) is 3.85. The fourth-order valence-electron chi connectivity index (χ4n) is 3.85. The lowest BCUT2D eigenvalue weighted by molar-refractivity contribution is 0.0888. The van der Waals surface area contributed by atoms with Gasteiger partial charge in [-0.2, -0.15) is 0 Å². The lowest BCUT2D eigenvalue weighted by Gasteiger charge is -2.34. The van der Waals surface area contributed by atoms with Gasteiger partial charge in [-0.05, 0) is 37.9 Å². The maximum absolute atomic E-state index is 5.77. The van der Waals surface area contributed by atoms with Crippen LogP contribution in [0.15, 0.2) is 23.3 Å². The summed E-state index contributed by atoms with van der Waals surface area (Å²) >= 11 is 0. The summed E-state index contributed by atoms with van der Waals surface area (Å²) in [5.74, 6) is 2.48. The zero-order valence-electron chi connectivity index (χ0n) is 19.7. The summed E-state index contributed by atoms with van der Waals surface area (Å²) in [5.41, 5.74) is 1.12. The van der Waals surface area contributed by atoms with E-state index in [1.807, 2.05) is 6.20 Å². The molecule has 2 aliphatic heterocycles. The highest BCUT2D eigenvalue weighted by Crippen LogP contribution is 2.14. The summed E-state index contributed by atoms with van der Waals surface area (Å²) in [6.45, 7) is 15.4. The summed E-state index contributed by atoms with van der Waals surface area (Å²) in [7, 11) is 0. The van der Waals surface area contributed by atoms with Crippen molar-refractivity contribution in [1.82, 2.24) is 20.5 Å². The first kappa shape index (κ1) is 27.1. The number of pyridine rings is 1. The molecule has 182 valence electrons. The first-order valence-corrected chi connectivity index (χ1v) is 11.9. The first-order chi connectivity index (χ1) is 15.3. The van der Waals surface area contributed by atoms with Gasteiger partial charge in [0.15, 0.2) is 5.96 Å². The van der Waals surface area contributed by atoms with Crippen LogP contribution >= 0.6 is 24.0 Å². The Labute approximate surface area is 210 Å². The van der Waals surface area contributed by atoms with Crippen molar-refractivity contribution >= 4 is 35.8 Å². The maximum atomic E-state index is 5.77. The molecule has 1 aromatic rings. The lowest BCUT2D eigenvalue weighted by atomic mass is 10.1. The van der Waals surface area contributed by atoms with E-state index in [2.05, 4.69) is 51.4 Å². The van der Waals surface area contributed by atoms with Crippen molar-refractivity contribution in [3.05, 3.63) is 23.9 Å². The van der Waals surface area contributed by atoms with Gasteiger partial charge in [-0.25, -0.2) is 9.98 Å². The minimum absolute atomic E-state index is 0. The van der Waals surface area contributed by atoms with Gasteiger partial charge in [-0.15, -0.1) is 24.0 Å². The van der Waals surface area contributed by atoms with E-state index in [1.54, 1.807) is 0 Å². The standard InChI is InChI=1S/C23H40N6O2.HI/c1-3-24-23(25-9-5-14-30-18-21-8-15-31-19-21)27-17-20-6-7-22(26-16-20)29-12-10-28(4-2)11-13-29;/h6-7,16,21H,3-5,8-15,17-19H2,1-2H3,(H2,24,25,27);1H. The van der Waals surface area contributed by atoms with Crippen molar-refractivity contribution in [3.8, 4) is 0 Å². The number of hydrogen-bond donors (Lipinski definition) is 2. The topological polar surface area (TPSA) is 74.3 Å². The van der Waals surface area contributed by atoms with Gasteiger partial charge < -0.3 is 29.9 Å². The van der Waals surface area contributed by atoms with Crippen LogP contribution in [0.2, 0.25) is 0 Å². The molecular weight excluding hydrogens is 519 g/mol. The third kappa shape index (κ3) is 9.36.